The Hall–Kier alpha value is -2.11. The highest BCUT2D eigenvalue weighted by molar-refractivity contribution is 5.80. The van der Waals surface area contributed by atoms with Gasteiger partial charge in [-0.2, -0.15) is 0 Å². The minimum atomic E-state index is -0.278. The maximum absolute atomic E-state index is 12.2. The summed E-state index contributed by atoms with van der Waals surface area (Å²) < 4.78 is 10.9. The van der Waals surface area contributed by atoms with Crippen LogP contribution in [0.1, 0.15) is 58.4 Å². The zero-order valence-electron chi connectivity index (χ0n) is 19.6. The molecular formula is C26H38N2O3. The Morgan fingerprint density at radius 1 is 1.19 bits per heavy atom. The number of hydrogen-bond donors (Lipinski definition) is 2. The van der Waals surface area contributed by atoms with Crippen molar-refractivity contribution in [2.75, 3.05) is 13.7 Å². The van der Waals surface area contributed by atoms with Crippen LogP contribution >= 0.6 is 0 Å². The zero-order valence-corrected chi connectivity index (χ0v) is 19.6. The van der Waals surface area contributed by atoms with E-state index in [1.807, 2.05) is 26.1 Å². The lowest BCUT2D eigenvalue weighted by Gasteiger charge is -2.33. The van der Waals surface area contributed by atoms with Crippen LogP contribution in [0.25, 0.3) is 10.9 Å². The van der Waals surface area contributed by atoms with E-state index in [0.29, 0.717) is 23.5 Å². The molecule has 0 bridgehead atoms. The molecule has 0 fully saturated rings. The largest absolute Gasteiger partial charge is 0.429 e. The lowest BCUT2D eigenvalue weighted by Crippen LogP contribution is -2.31. The quantitative estimate of drug-likeness (QED) is 0.373. The van der Waals surface area contributed by atoms with Crippen molar-refractivity contribution >= 4 is 16.9 Å². The molecule has 3 rings (SSSR count). The summed E-state index contributed by atoms with van der Waals surface area (Å²) in [6.07, 6.45) is 6.73. The average Bonchev–Trinajstić information content (AvgIpc) is 3.35. The summed E-state index contributed by atoms with van der Waals surface area (Å²) in [4.78, 5) is 15.6. The molecule has 0 amide bonds. The molecule has 5 heteroatoms. The number of methoxy groups -OCH3 is 1. The minimum absolute atomic E-state index is 0.171. The van der Waals surface area contributed by atoms with Crippen LogP contribution in [-0.4, -0.2) is 30.7 Å². The third kappa shape index (κ3) is 5.58. The maximum atomic E-state index is 12.2. The number of hydrogen-bond acceptors (Lipinski definition) is 4. The highest BCUT2D eigenvalue weighted by atomic mass is 16.5. The molecule has 1 aliphatic rings. The molecule has 0 saturated heterocycles. The highest BCUT2D eigenvalue weighted by Crippen LogP contribution is 2.39. The van der Waals surface area contributed by atoms with Gasteiger partial charge in [0.2, 0.25) is 0 Å². The van der Waals surface area contributed by atoms with Gasteiger partial charge in [-0.3, -0.25) is 4.79 Å². The lowest BCUT2D eigenvalue weighted by molar-refractivity contribution is -0.141. The van der Waals surface area contributed by atoms with E-state index in [1.54, 1.807) is 7.11 Å². The predicted molar refractivity (Wildman–Crippen MR) is 126 cm³/mol. The summed E-state index contributed by atoms with van der Waals surface area (Å²) in [5.41, 5.74) is 9.10. The van der Waals surface area contributed by atoms with Crippen LogP contribution < -0.4 is 5.73 Å². The van der Waals surface area contributed by atoms with E-state index in [2.05, 4.69) is 43.1 Å². The molecule has 2 heterocycles. The van der Waals surface area contributed by atoms with Gasteiger partial charge in [-0.25, -0.2) is 0 Å². The standard InChI is InChI=1S/C26H38N2O3/c1-16(2)21(14-23(27)25-15-22(17(3)4)26(29)31-25)20(7-6-12-30-5)19-9-8-18-10-11-28-24(18)13-19/h8-11,13,15-17,20-23,28H,6-7,12,14,27H2,1-5H3. The van der Waals surface area contributed by atoms with Gasteiger partial charge in [-0.1, -0.05) is 39.8 Å². The third-order valence-electron chi connectivity index (χ3n) is 6.69. The molecule has 0 saturated carbocycles. The number of cyclic esters (lactones) is 1. The van der Waals surface area contributed by atoms with E-state index in [9.17, 15) is 4.79 Å². The molecule has 4 atom stereocenters. The van der Waals surface area contributed by atoms with Gasteiger partial charge in [0.15, 0.2) is 0 Å². The van der Waals surface area contributed by atoms with E-state index < -0.39 is 0 Å². The van der Waals surface area contributed by atoms with Crippen molar-refractivity contribution in [3.05, 3.63) is 47.9 Å². The number of carbonyl (C=O) groups is 1. The summed E-state index contributed by atoms with van der Waals surface area (Å²) in [5, 5.41) is 1.22. The Morgan fingerprint density at radius 3 is 2.61 bits per heavy atom. The Morgan fingerprint density at radius 2 is 1.97 bits per heavy atom. The Balaban J connectivity index is 1.84. The molecule has 170 valence electrons. The number of rotatable bonds is 11. The molecule has 1 aliphatic heterocycles. The minimum Gasteiger partial charge on any atom is -0.429 e. The van der Waals surface area contributed by atoms with Crippen molar-refractivity contribution in [1.29, 1.82) is 0 Å². The summed E-state index contributed by atoms with van der Waals surface area (Å²) in [7, 11) is 1.75. The van der Waals surface area contributed by atoms with Crippen LogP contribution in [0.2, 0.25) is 0 Å². The fourth-order valence-electron chi connectivity index (χ4n) is 4.81. The van der Waals surface area contributed by atoms with Crippen molar-refractivity contribution in [3.63, 3.8) is 0 Å². The number of aromatic nitrogens is 1. The first-order chi connectivity index (χ1) is 14.8. The summed E-state index contributed by atoms with van der Waals surface area (Å²) in [5.74, 6) is 1.65. The summed E-state index contributed by atoms with van der Waals surface area (Å²) >= 11 is 0. The van der Waals surface area contributed by atoms with E-state index >= 15 is 0 Å². The monoisotopic (exact) mass is 426 g/mol. The molecule has 2 aromatic rings. The summed E-state index contributed by atoms with van der Waals surface area (Å²) in [6, 6.07) is 8.53. The zero-order chi connectivity index (χ0) is 22.5. The lowest BCUT2D eigenvalue weighted by atomic mass is 9.73. The van der Waals surface area contributed by atoms with E-state index in [4.69, 9.17) is 15.2 Å². The van der Waals surface area contributed by atoms with Crippen LogP contribution in [0.15, 0.2) is 42.3 Å². The number of aromatic amines is 1. The van der Waals surface area contributed by atoms with Crippen LogP contribution in [-0.2, 0) is 14.3 Å². The van der Waals surface area contributed by atoms with Crippen LogP contribution in [0.4, 0.5) is 0 Å². The van der Waals surface area contributed by atoms with Crippen molar-refractivity contribution < 1.29 is 14.3 Å². The van der Waals surface area contributed by atoms with E-state index in [1.165, 1.54) is 10.9 Å². The molecular weight excluding hydrogens is 388 g/mol. The first-order valence-electron chi connectivity index (χ1n) is 11.6. The first kappa shape index (κ1) is 23.6. The van der Waals surface area contributed by atoms with Crippen molar-refractivity contribution in [2.45, 2.75) is 58.9 Å². The number of ether oxygens (including phenoxy) is 2. The maximum Gasteiger partial charge on any atom is 0.318 e. The molecule has 1 aromatic heterocycles. The van der Waals surface area contributed by atoms with Crippen LogP contribution in [0, 0.1) is 23.7 Å². The third-order valence-corrected chi connectivity index (χ3v) is 6.69. The number of carbonyl (C=O) groups excluding carboxylic acids is 1. The van der Waals surface area contributed by atoms with E-state index in [0.717, 1.165) is 31.4 Å². The molecule has 0 spiro atoms. The second kappa shape index (κ2) is 10.5. The first-order valence-corrected chi connectivity index (χ1v) is 11.6. The fraction of sp³-hybridized carbons (Fsp3) is 0.577. The highest BCUT2D eigenvalue weighted by Gasteiger charge is 2.35. The molecule has 4 unspecified atom stereocenters. The second-order valence-electron chi connectivity index (χ2n) is 9.58. The van der Waals surface area contributed by atoms with Gasteiger partial charge in [0, 0.05) is 25.4 Å². The normalized spacial score (nSPS) is 19.7. The predicted octanol–water partition coefficient (Wildman–Crippen LogP) is 5.38. The number of benzene rings is 1. The topological polar surface area (TPSA) is 77.3 Å². The van der Waals surface area contributed by atoms with Gasteiger partial charge in [-0.15, -0.1) is 0 Å². The number of esters is 1. The number of H-pyrrole nitrogens is 1. The molecule has 0 radical (unpaired) electrons. The van der Waals surface area contributed by atoms with Gasteiger partial charge < -0.3 is 20.2 Å². The molecule has 5 nitrogen and oxygen atoms in total. The Kier molecular flexibility index (Phi) is 7.95. The van der Waals surface area contributed by atoms with E-state index in [-0.39, 0.29) is 23.8 Å². The SMILES string of the molecule is COCCCC(c1ccc2cc[nH]c2c1)C(CC(N)C1=CC(C(C)C)C(=O)O1)C(C)C. The Labute approximate surface area is 186 Å². The summed E-state index contributed by atoms with van der Waals surface area (Å²) in [6.45, 7) is 9.35. The average molecular weight is 427 g/mol. The van der Waals surface area contributed by atoms with Gasteiger partial charge in [0.25, 0.3) is 0 Å². The molecule has 31 heavy (non-hydrogen) atoms. The van der Waals surface area contributed by atoms with Crippen LogP contribution in [0.5, 0.6) is 0 Å². The van der Waals surface area contributed by atoms with Crippen LogP contribution in [0.3, 0.4) is 0 Å². The fourth-order valence-corrected chi connectivity index (χ4v) is 4.81. The van der Waals surface area contributed by atoms with Gasteiger partial charge in [-0.05, 0) is 72.1 Å². The van der Waals surface area contributed by atoms with Crippen molar-refractivity contribution in [1.82, 2.24) is 4.98 Å². The van der Waals surface area contributed by atoms with Gasteiger partial charge in [0.1, 0.15) is 5.76 Å². The number of nitrogens with two attached hydrogens (primary N) is 1. The second-order valence-corrected chi connectivity index (χ2v) is 9.58. The number of fused-ring (bicyclic) bond motifs is 1. The smallest absolute Gasteiger partial charge is 0.318 e. The molecule has 0 aliphatic carbocycles. The van der Waals surface area contributed by atoms with Crippen molar-refractivity contribution in [3.8, 4) is 0 Å². The molecule has 1 aromatic carbocycles. The van der Waals surface area contributed by atoms with Gasteiger partial charge in [0.05, 0.1) is 12.0 Å². The Bertz CT molecular complexity index is 899. The number of nitrogens with one attached hydrogen (secondary N) is 1. The van der Waals surface area contributed by atoms with Gasteiger partial charge >= 0.3 is 5.97 Å². The molecule has 3 N–H and O–H groups in total. The van der Waals surface area contributed by atoms with Crippen molar-refractivity contribution in [2.24, 2.45) is 29.4 Å².